The van der Waals surface area contributed by atoms with E-state index in [-0.39, 0.29) is 32.5 Å². The molecule has 0 radical (unpaired) electrons. The molecule has 17 heteroatoms. The Morgan fingerprint density at radius 3 is 2.26 bits per heavy atom. The van der Waals surface area contributed by atoms with Gasteiger partial charge in [0.2, 0.25) is 17.7 Å². The van der Waals surface area contributed by atoms with E-state index in [0.29, 0.717) is 0 Å². The van der Waals surface area contributed by atoms with Crippen LogP contribution in [0.2, 0.25) is 0 Å². The third-order valence-corrected chi connectivity index (χ3v) is 14.1. The number of esters is 4. The molecule has 5 saturated heterocycles. The Balaban J connectivity index is 1.38. The van der Waals surface area contributed by atoms with Crippen LogP contribution in [0.25, 0.3) is 0 Å². The number of epoxide rings is 1. The molecular weight excluding hydrogens is 668 g/mol. The summed E-state index contributed by atoms with van der Waals surface area (Å²) in [4.78, 5) is 66.1. The molecule has 0 aromatic carbocycles. The van der Waals surface area contributed by atoms with Crippen LogP contribution >= 0.6 is 0 Å². The standard InChI is InChI=1S/C33H42O17/c1-13(34)22(37)49-23-16-9-18(47-14(2)35)31(24(38)42-5)20-15(11-46-31)21(36)27(3,32(41,25(39)43-6)29(16,20)12-45-23)33-19-10-17(28(33,4)50-33)30(40)7-8-44-26(30)48-19/h15-21,23,26,36,40-41H,7-12H2,1-6H3. The molecule has 3 aliphatic carbocycles. The van der Waals surface area contributed by atoms with Gasteiger partial charge < -0.3 is 58.0 Å². The van der Waals surface area contributed by atoms with Gasteiger partial charge in [-0.3, -0.25) is 9.59 Å². The van der Waals surface area contributed by atoms with Crippen LogP contribution in [0, 0.1) is 34.5 Å². The lowest BCUT2D eigenvalue weighted by molar-refractivity contribution is -0.334. The summed E-state index contributed by atoms with van der Waals surface area (Å²) < 4.78 is 53.1. The molecule has 8 rings (SSSR count). The van der Waals surface area contributed by atoms with Crippen LogP contribution < -0.4 is 0 Å². The molecule has 5 heterocycles. The second-order valence-electron chi connectivity index (χ2n) is 15.5. The van der Waals surface area contributed by atoms with E-state index in [4.69, 9.17) is 42.6 Å². The fraction of sp³-hybridized carbons (Fsp3) is 0.848. The molecule has 8 aliphatic rings. The minimum Gasteiger partial charge on any atom is -0.467 e. The minimum atomic E-state index is -2.87. The van der Waals surface area contributed by atoms with E-state index in [9.17, 15) is 39.3 Å². The zero-order chi connectivity index (χ0) is 36.2. The third-order valence-electron chi connectivity index (χ3n) is 14.1. The molecular formula is C33H42O17. The first-order valence-corrected chi connectivity index (χ1v) is 16.8. The van der Waals surface area contributed by atoms with E-state index < -0.39 is 130 Å². The second-order valence-corrected chi connectivity index (χ2v) is 15.5. The highest BCUT2D eigenvalue weighted by Crippen LogP contribution is 2.83. The quantitative estimate of drug-likeness (QED) is 0.121. The van der Waals surface area contributed by atoms with Crippen LogP contribution in [0.1, 0.15) is 47.0 Å². The predicted octanol–water partition coefficient (Wildman–Crippen LogP) is -1.70. The molecule has 8 fully saturated rings. The maximum atomic E-state index is 14.7. The molecule has 3 N–H and O–H groups in total. The lowest BCUT2D eigenvalue weighted by Gasteiger charge is -2.68. The Morgan fingerprint density at radius 2 is 1.62 bits per heavy atom. The van der Waals surface area contributed by atoms with Crippen LogP contribution in [0.5, 0.6) is 0 Å². The average Bonchev–Trinajstić information content (AvgIpc) is 3.47. The third kappa shape index (κ3) is 3.36. The minimum absolute atomic E-state index is 0.238. The molecule has 0 aromatic rings. The Kier molecular flexibility index (Phi) is 7.01. The number of aliphatic hydroxyl groups is 3. The van der Waals surface area contributed by atoms with Crippen molar-refractivity contribution >= 4 is 29.7 Å². The smallest absolute Gasteiger partial charge is 0.376 e. The first-order valence-electron chi connectivity index (χ1n) is 16.8. The van der Waals surface area contributed by atoms with Crippen molar-refractivity contribution in [2.24, 2.45) is 34.5 Å². The summed E-state index contributed by atoms with van der Waals surface area (Å²) in [7, 11) is 2.14. The van der Waals surface area contributed by atoms with Gasteiger partial charge in [-0.15, -0.1) is 0 Å². The SMILES string of the molecule is COC(=O)C12OCC3C1C1(COC(OC(=O)C(C)=O)C1CC2OC(C)=O)C(O)(C(=O)OC)C(C)(C12OC1(C)C1CC2OC2OCCC21O)C3O. The van der Waals surface area contributed by atoms with Gasteiger partial charge in [-0.1, -0.05) is 6.92 Å². The summed E-state index contributed by atoms with van der Waals surface area (Å²) in [5.41, 5.74) is -13.6. The molecule has 0 aromatic heterocycles. The van der Waals surface area contributed by atoms with Crippen molar-refractivity contribution < 1.29 is 81.9 Å². The topological polar surface area (TPSA) is 232 Å². The van der Waals surface area contributed by atoms with E-state index in [2.05, 4.69) is 0 Å². The molecule has 5 aliphatic heterocycles. The van der Waals surface area contributed by atoms with Crippen molar-refractivity contribution in [3.8, 4) is 0 Å². The molecule has 0 amide bonds. The average molecular weight is 711 g/mol. The summed E-state index contributed by atoms with van der Waals surface area (Å²) in [6, 6.07) is 0. The molecule has 50 heavy (non-hydrogen) atoms. The number of hydrogen-bond donors (Lipinski definition) is 3. The molecule has 2 bridgehead atoms. The Labute approximate surface area is 286 Å². The molecule has 16 atom stereocenters. The molecule has 16 unspecified atom stereocenters. The zero-order valence-corrected chi connectivity index (χ0v) is 28.5. The number of ether oxygens (including phenoxy) is 9. The van der Waals surface area contributed by atoms with Gasteiger partial charge in [-0.25, -0.2) is 14.4 Å². The number of aliphatic hydroxyl groups excluding tert-OH is 1. The number of Topliss-reactive ketones (excluding diaryl/α,β-unsaturated/α-hetero) is 1. The maximum absolute atomic E-state index is 14.7. The van der Waals surface area contributed by atoms with Crippen molar-refractivity contribution in [2.75, 3.05) is 34.0 Å². The van der Waals surface area contributed by atoms with Crippen LogP contribution in [0.3, 0.4) is 0 Å². The summed E-state index contributed by atoms with van der Waals surface area (Å²) in [6.45, 7) is 4.66. The van der Waals surface area contributed by atoms with Gasteiger partial charge in [0.25, 0.3) is 0 Å². The largest absolute Gasteiger partial charge is 0.467 e. The van der Waals surface area contributed by atoms with E-state index in [1.165, 1.54) is 6.92 Å². The first kappa shape index (κ1) is 34.3. The highest BCUT2D eigenvalue weighted by Gasteiger charge is 2.99. The molecule has 1 spiro atoms. The van der Waals surface area contributed by atoms with Gasteiger partial charge in [0, 0.05) is 49.4 Å². The number of carbonyl (C=O) groups is 5. The van der Waals surface area contributed by atoms with Crippen LogP contribution in [-0.4, -0.2) is 138 Å². The lowest BCUT2D eigenvalue weighted by atomic mass is 9.35. The second kappa shape index (κ2) is 10.2. The number of rotatable bonds is 6. The van der Waals surface area contributed by atoms with Crippen molar-refractivity contribution in [1.29, 1.82) is 0 Å². The maximum Gasteiger partial charge on any atom is 0.376 e. The predicted molar refractivity (Wildman–Crippen MR) is 156 cm³/mol. The first-order chi connectivity index (χ1) is 23.4. The number of ketones is 1. The van der Waals surface area contributed by atoms with E-state index in [1.54, 1.807) is 6.92 Å². The fourth-order valence-corrected chi connectivity index (χ4v) is 12.3. The number of hydrogen-bond acceptors (Lipinski definition) is 17. The highest BCUT2D eigenvalue weighted by molar-refractivity contribution is 6.32. The van der Waals surface area contributed by atoms with Gasteiger partial charge in [0.15, 0.2) is 11.9 Å². The van der Waals surface area contributed by atoms with Crippen LogP contribution in [0.15, 0.2) is 0 Å². The Morgan fingerprint density at radius 1 is 0.920 bits per heavy atom. The normalized spacial score (nSPS) is 54.8. The summed E-state index contributed by atoms with van der Waals surface area (Å²) >= 11 is 0. The number of carbonyl (C=O) groups excluding carboxylic acids is 5. The Hall–Kier alpha value is -2.77. The Bertz CT molecular complexity index is 1580. The summed E-state index contributed by atoms with van der Waals surface area (Å²) in [6.07, 6.45) is -6.62. The van der Waals surface area contributed by atoms with Crippen molar-refractivity contribution in [3.63, 3.8) is 0 Å². The van der Waals surface area contributed by atoms with E-state index >= 15 is 0 Å². The van der Waals surface area contributed by atoms with Gasteiger partial charge in [-0.2, -0.15) is 0 Å². The number of fused-ring (bicyclic) bond motifs is 7. The van der Waals surface area contributed by atoms with Gasteiger partial charge in [-0.05, 0) is 19.8 Å². The molecule has 276 valence electrons. The molecule has 17 nitrogen and oxygen atoms in total. The van der Waals surface area contributed by atoms with Crippen molar-refractivity contribution in [3.05, 3.63) is 0 Å². The van der Waals surface area contributed by atoms with Gasteiger partial charge >= 0.3 is 23.9 Å². The van der Waals surface area contributed by atoms with Crippen molar-refractivity contribution in [1.82, 2.24) is 0 Å². The molecule has 3 saturated carbocycles. The van der Waals surface area contributed by atoms with Gasteiger partial charge in [0.05, 0.1) is 51.7 Å². The van der Waals surface area contributed by atoms with E-state index in [0.717, 1.165) is 28.1 Å². The van der Waals surface area contributed by atoms with Crippen LogP contribution in [0.4, 0.5) is 0 Å². The highest BCUT2D eigenvalue weighted by atomic mass is 16.7. The summed E-state index contributed by atoms with van der Waals surface area (Å²) in [5, 5.41) is 38.4. The fourth-order valence-electron chi connectivity index (χ4n) is 12.3. The van der Waals surface area contributed by atoms with Crippen molar-refractivity contribution in [2.45, 2.75) is 106 Å². The number of methoxy groups -OCH3 is 2. The van der Waals surface area contributed by atoms with Gasteiger partial charge in [0.1, 0.15) is 22.9 Å². The summed E-state index contributed by atoms with van der Waals surface area (Å²) in [5.74, 6) is -9.63. The zero-order valence-electron chi connectivity index (χ0n) is 28.5. The lowest BCUT2D eigenvalue weighted by Crippen LogP contribution is -2.85. The monoisotopic (exact) mass is 710 g/mol. The van der Waals surface area contributed by atoms with E-state index in [1.807, 2.05) is 0 Å². The van der Waals surface area contributed by atoms with Crippen LogP contribution in [-0.2, 0) is 66.6 Å².